The quantitative estimate of drug-likeness (QED) is 0.694. The second kappa shape index (κ2) is 8.20. The van der Waals surface area contributed by atoms with Gasteiger partial charge in [0.2, 0.25) is 5.95 Å². The largest absolute Gasteiger partial charge is 0.394 e. The number of benzene rings is 1. The highest BCUT2D eigenvalue weighted by Gasteiger charge is 2.39. The van der Waals surface area contributed by atoms with Gasteiger partial charge in [0, 0.05) is 38.4 Å². The maximum Gasteiger partial charge on any atom is 0.227 e. The monoisotopic (exact) mass is 471 g/mol. The summed E-state index contributed by atoms with van der Waals surface area (Å²) < 4.78 is 27.6. The van der Waals surface area contributed by atoms with Crippen molar-refractivity contribution in [3.63, 3.8) is 0 Å². The van der Waals surface area contributed by atoms with Gasteiger partial charge in [-0.15, -0.1) is 0 Å². The molecule has 6 rings (SSSR count). The number of hydrogen-bond donors (Lipinski definition) is 2. The Morgan fingerprint density at radius 2 is 1.88 bits per heavy atom. The first kappa shape index (κ1) is 21.3. The lowest BCUT2D eigenvalue weighted by atomic mass is 9.77. The Balaban J connectivity index is 1.30. The minimum Gasteiger partial charge on any atom is -0.394 e. The van der Waals surface area contributed by atoms with Crippen molar-refractivity contribution in [1.29, 1.82) is 0 Å². The minimum absolute atomic E-state index is 0.0312. The molecule has 1 aliphatic carbocycles. The molecule has 1 aromatic heterocycles. The number of halogens is 1. The molecule has 2 fully saturated rings. The van der Waals surface area contributed by atoms with E-state index in [1.807, 2.05) is 6.07 Å². The van der Waals surface area contributed by atoms with Gasteiger partial charge >= 0.3 is 0 Å². The molecule has 9 heteroatoms. The predicted octanol–water partition coefficient (Wildman–Crippen LogP) is 2.77. The fourth-order valence-corrected chi connectivity index (χ4v) is 6.83. The van der Waals surface area contributed by atoms with E-state index in [-0.39, 0.29) is 18.0 Å². The molecule has 3 aliphatic heterocycles. The number of nitrogens with zero attached hydrogens (tertiary/aromatic N) is 4. The highest BCUT2D eigenvalue weighted by molar-refractivity contribution is 7.85. The van der Waals surface area contributed by atoms with Gasteiger partial charge in [0.1, 0.15) is 16.5 Å². The first-order valence-corrected chi connectivity index (χ1v) is 13.4. The molecule has 0 amide bonds. The Morgan fingerprint density at radius 1 is 1.06 bits per heavy atom. The number of nitrogens with one attached hydrogen (secondary N) is 1. The third kappa shape index (κ3) is 3.69. The van der Waals surface area contributed by atoms with Crippen molar-refractivity contribution in [1.82, 2.24) is 9.97 Å². The molecule has 1 saturated heterocycles. The lowest BCUT2D eigenvalue weighted by molar-refractivity contribution is 0.143. The van der Waals surface area contributed by atoms with E-state index in [0.29, 0.717) is 35.4 Å². The van der Waals surface area contributed by atoms with Gasteiger partial charge in [-0.2, -0.15) is 4.98 Å². The summed E-state index contributed by atoms with van der Waals surface area (Å²) in [5.74, 6) is 1.60. The summed E-state index contributed by atoms with van der Waals surface area (Å²) in [4.78, 5) is 14.5. The van der Waals surface area contributed by atoms with Crippen molar-refractivity contribution >= 4 is 28.3 Å². The van der Waals surface area contributed by atoms with Crippen molar-refractivity contribution in [2.75, 3.05) is 47.1 Å². The van der Waals surface area contributed by atoms with Crippen LogP contribution in [0.25, 0.3) is 0 Å². The van der Waals surface area contributed by atoms with E-state index in [4.69, 9.17) is 9.97 Å². The molecule has 0 bridgehead atoms. The van der Waals surface area contributed by atoms with Gasteiger partial charge in [0.15, 0.2) is 0 Å². The molecular weight excluding hydrogens is 441 g/mol. The zero-order valence-corrected chi connectivity index (χ0v) is 19.6. The molecule has 7 nitrogen and oxygen atoms in total. The van der Waals surface area contributed by atoms with Crippen LogP contribution in [-0.4, -0.2) is 56.8 Å². The summed E-state index contributed by atoms with van der Waals surface area (Å²) in [6, 6.07) is 3.72. The number of aliphatic hydroxyl groups excluding tert-OH is 1. The molecule has 2 aromatic rings. The van der Waals surface area contributed by atoms with Gasteiger partial charge in [0.25, 0.3) is 0 Å². The highest BCUT2D eigenvalue weighted by Crippen LogP contribution is 2.39. The Morgan fingerprint density at radius 3 is 2.61 bits per heavy atom. The highest BCUT2D eigenvalue weighted by atomic mass is 32.2. The summed E-state index contributed by atoms with van der Waals surface area (Å²) in [5, 5.41) is 13.4. The first-order valence-electron chi connectivity index (χ1n) is 12.0. The van der Waals surface area contributed by atoms with E-state index in [1.165, 1.54) is 5.56 Å². The van der Waals surface area contributed by atoms with E-state index in [2.05, 4.69) is 15.1 Å². The number of aryl methyl sites for hydroxylation is 1. The van der Waals surface area contributed by atoms with E-state index in [0.717, 1.165) is 75.1 Å². The van der Waals surface area contributed by atoms with Crippen molar-refractivity contribution in [3.05, 3.63) is 34.8 Å². The van der Waals surface area contributed by atoms with Crippen LogP contribution in [0.4, 0.5) is 21.8 Å². The number of aliphatic hydroxyl groups is 1. The van der Waals surface area contributed by atoms with Crippen LogP contribution in [0.3, 0.4) is 0 Å². The summed E-state index contributed by atoms with van der Waals surface area (Å²) in [5.41, 5.74) is 3.36. The number of fused-ring (bicyclic) bond motifs is 2. The molecule has 2 N–H and O–H groups in total. The van der Waals surface area contributed by atoms with Gasteiger partial charge in [-0.05, 0) is 61.8 Å². The fourth-order valence-electron chi connectivity index (χ4n) is 5.52. The molecule has 0 spiro atoms. The Bertz CT molecular complexity index is 1110. The van der Waals surface area contributed by atoms with Crippen LogP contribution in [0, 0.1) is 5.82 Å². The summed E-state index contributed by atoms with van der Waals surface area (Å²) in [7, 11) is -1.12. The van der Waals surface area contributed by atoms with Gasteiger partial charge < -0.3 is 20.2 Å². The molecule has 1 saturated carbocycles. The summed E-state index contributed by atoms with van der Waals surface area (Å²) >= 11 is 0. The van der Waals surface area contributed by atoms with Crippen molar-refractivity contribution in [2.24, 2.45) is 0 Å². The summed E-state index contributed by atoms with van der Waals surface area (Å²) in [6.45, 7) is 3.20. The topological polar surface area (TPSA) is 81.6 Å². The maximum absolute atomic E-state index is 15.0. The molecule has 1 atom stereocenters. The number of aromatic nitrogens is 2. The second-order valence-corrected chi connectivity index (χ2v) is 11.3. The van der Waals surface area contributed by atoms with Crippen LogP contribution < -0.4 is 15.1 Å². The van der Waals surface area contributed by atoms with E-state index < -0.39 is 10.8 Å². The molecule has 4 heterocycles. The van der Waals surface area contributed by atoms with E-state index in [9.17, 15) is 13.7 Å². The third-order valence-corrected chi connectivity index (χ3v) is 9.14. The molecule has 4 aliphatic rings. The summed E-state index contributed by atoms with van der Waals surface area (Å²) in [6.07, 6.45) is 6.53. The fraction of sp³-hybridized carbons (Fsp3) is 0.583. The van der Waals surface area contributed by atoms with Gasteiger partial charge in [-0.1, -0.05) is 0 Å². The van der Waals surface area contributed by atoms with Gasteiger partial charge in [-0.3, -0.25) is 4.21 Å². The number of hydrogen-bond acceptors (Lipinski definition) is 7. The predicted molar refractivity (Wildman–Crippen MR) is 127 cm³/mol. The third-order valence-electron chi connectivity index (χ3n) is 7.68. The van der Waals surface area contributed by atoms with E-state index >= 15 is 0 Å². The maximum atomic E-state index is 15.0. The van der Waals surface area contributed by atoms with Gasteiger partial charge in [0.05, 0.1) is 34.3 Å². The van der Waals surface area contributed by atoms with Crippen LogP contribution >= 0.6 is 0 Å². The SMILES string of the molecule is O=[S@]1CCc2nc(N3CCc4cc(N5CCCC5)c(F)cc4C3)nc(NC3(CO)CCC3)c21. The van der Waals surface area contributed by atoms with Crippen LogP contribution in [0.5, 0.6) is 0 Å². The van der Waals surface area contributed by atoms with Crippen LogP contribution in [0.1, 0.15) is 48.9 Å². The van der Waals surface area contributed by atoms with Crippen molar-refractivity contribution < 1.29 is 13.7 Å². The number of anilines is 3. The average Bonchev–Trinajstić information content (AvgIpc) is 3.45. The smallest absolute Gasteiger partial charge is 0.227 e. The second-order valence-electron chi connectivity index (χ2n) is 9.80. The standard InChI is InChI=1S/C24H30FN5O2S/c25-18-12-17-14-30(10-4-16(17)13-20(18)29-8-1-2-9-29)23-26-19-5-11-33(32)21(19)22(27-23)28-24(15-31)6-3-7-24/h12-13,31H,1-11,14-15H2,(H,26,27,28)/t33-/m0/s1. The van der Waals surface area contributed by atoms with Crippen LogP contribution in [0.15, 0.2) is 17.0 Å². The Labute approximate surface area is 195 Å². The lowest BCUT2D eigenvalue weighted by Gasteiger charge is -2.41. The molecule has 0 unspecified atom stereocenters. The zero-order valence-electron chi connectivity index (χ0n) is 18.8. The Kier molecular flexibility index (Phi) is 5.29. The number of rotatable bonds is 5. The molecule has 1 aromatic carbocycles. The van der Waals surface area contributed by atoms with Crippen LogP contribution in [0.2, 0.25) is 0 Å². The molecular formula is C24H30FN5O2S. The van der Waals surface area contributed by atoms with Gasteiger partial charge in [-0.25, -0.2) is 9.37 Å². The average molecular weight is 472 g/mol. The lowest BCUT2D eigenvalue weighted by Crippen LogP contribution is -2.48. The van der Waals surface area contributed by atoms with E-state index in [1.54, 1.807) is 6.07 Å². The normalized spacial score (nSPS) is 23.3. The van der Waals surface area contributed by atoms with Crippen molar-refractivity contribution in [2.45, 2.75) is 61.9 Å². The molecule has 33 heavy (non-hydrogen) atoms. The zero-order chi connectivity index (χ0) is 22.6. The minimum atomic E-state index is -1.12. The molecule has 176 valence electrons. The molecule has 0 radical (unpaired) electrons. The first-order chi connectivity index (χ1) is 16.0. The Hall–Kier alpha value is -2.26. The van der Waals surface area contributed by atoms with Crippen LogP contribution in [-0.2, 0) is 30.2 Å². The van der Waals surface area contributed by atoms with Crippen molar-refractivity contribution in [3.8, 4) is 0 Å².